The van der Waals surface area contributed by atoms with Gasteiger partial charge < -0.3 is 4.57 Å². The summed E-state index contributed by atoms with van der Waals surface area (Å²) in [4.78, 5) is 8.92. The predicted octanol–water partition coefficient (Wildman–Crippen LogP) is 3.72. The van der Waals surface area contributed by atoms with Gasteiger partial charge in [0.25, 0.3) is 0 Å². The highest BCUT2D eigenvalue weighted by Crippen LogP contribution is 2.28. The lowest BCUT2D eigenvalue weighted by molar-refractivity contribution is 1.02. The molecule has 0 spiro atoms. The smallest absolute Gasteiger partial charge is 0.146 e. The van der Waals surface area contributed by atoms with Gasteiger partial charge in [-0.15, -0.1) is 0 Å². The Labute approximate surface area is 125 Å². The number of imidazole rings is 1. The van der Waals surface area contributed by atoms with Crippen LogP contribution >= 0.6 is 0 Å². The van der Waals surface area contributed by atoms with Gasteiger partial charge in [0.2, 0.25) is 0 Å². The van der Waals surface area contributed by atoms with Crippen molar-refractivity contribution in [1.29, 1.82) is 0 Å². The Morgan fingerprint density at radius 2 is 2.14 bits per heavy atom. The molecule has 0 unspecified atom stereocenters. The van der Waals surface area contributed by atoms with E-state index in [0.717, 1.165) is 35.0 Å². The number of nitrogens with zero attached hydrogens (tertiary/aromatic N) is 4. The number of pyridine rings is 1. The monoisotopic (exact) mass is 283 g/mol. The Morgan fingerprint density at radius 1 is 1.33 bits per heavy atom. The average molecular weight is 283 g/mol. The number of aryl methyl sites for hydroxylation is 1. The number of anilines is 1. The second-order valence-corrected chi connectivity index (χ2v) is 4.35. The Kier molecular flexibility index (Phi) is 4.87. The SMILES string of the molecule is C/C=N\Nc1ccc(-c2c(C)nc3n2C=CC3)cn1.CC. The standard InChI is InChI=1S/C14H15N5.C2H6/c1-3-16-18-12-7-6-11(9-15-12)14-10(2)17-13-5-4-8-19(13)14;1-2/h3-4,6-9H,5H2,1-2H3,(H,15,18);1-2H3/b16-3-;. The molecule has 1 aliphatic rings. The van der Waals surface area contributed by atoms with E-state index in [1.54, 1.807) is 6.21 Å². The van der Waals surface area contributed by atoms with Gasteiger partial charge in [0, 0.05) is 30.6 Å². The zero-order chi connectivity index (χ0) is 15.2. The minimum absolute atomic E-state index is 0.733. The molecular formula is C16H21N5. The van der Waals surface area contributed by atoms with Crippen LogP contribution in [0, 0.1) is 6.92 Å². The molecule has 0 aliphatic carbocycles. The van der Waals surface area contributed by atoms with Gasteiger partial charge in [-0.2, -0.15) is 5.10 Å². The van der Waals surface area contributed by atoms with E-state index >= 15 is 0 Å². The maximum Gasteiger partial charge on any atom is 0.146 e. The van der Waals surface area contributed by atoms with E-state index in [9.17, 15) is 0 Å². The van der Waals surface area contributed by atoms with Gasteiger partial charge in [0.05, 0.1) is 11.4 Å². The van der Waals surface area contributed by atoms with Gasteiger partial charge >= 0.3 is 0 Å². The molecule has 0 bridgehead atoms. The molecular weight excluding hydrogens is 262 g/mol. The maximum absolute atomic E-state index is 4.57. The summed E-state index contributed by atoms with van der Waals surface area (Å²) in [7, 11) is 0. The molecule has 2 aromatic heterocycles. The Balaban J connectivity index is 0.000000774. The number of allylic oxidation sites excluding steroid dienone is 1. The first-order chi connectivity index (χ1) is 10.3. The van der Waals surface area contributed by atoms with E-state index in [2.05, 4.69) is 37.3 Å². The van der Waals surface area contributed by atoms with Crippen LogP contribution in [0.25, 0.3) is 17.5 Å². The summed E-state index contributed by atoms with van der Waals surface area (Å²) in [5, 5.41) is 3.94. The van der Waals surface area contributed by atoms with Crippen molar-refractivity contribution in [2.45, 2.75) is 34.1 Å². The third-order valence-electron chi connectivity index (χ3n) is 3.06. The molecule has 0 saturated carbocycles. The normalized spacial score (nSPS) is 12.2. The molecule has 2 aromatic rings. The largest absolute Gasteiger partial charge is 0.303 e. The molecule has 110 valence electrons. The van der Waals surface area contributed by atoms with Crippen LogP contribution in [0.3, 0.4) is 0 Å². The van der Waals surface area contributed by atoms with Crippen LogP contribution in [-0.2, 0) is 6.42 Å². The maximum atomic E-state index is 4.57. The number of hydrogen-bond acceptors (Lipinski definition) is 4. The first kappa shape index (κ1) is 15.0. The predicted molar refractivity (Wildman–Crippen MR) is 88.4 cm³/mol. The molecule has 5 heteroatoms. The summed E-state index contributed by atoms with van der Waals surface area (Å²) in [6.07, 6.45) is 8.62. The number of rotatable bonds is 3. The van der Waals surface area contributed by atoms with Gasteiger partial charge in [-0.3, -0.25) is 5.43 Å². The third kappa shape index (κ3) is 3.02. The fraction of sp³-hybridized carbons (Fsp3) is 0.312. The van der Waals surface area contributed by atoms with Crippen molar-refractivity contribution < 1.29 is 0 Å². The summed E-state index contributed by atoms with van der Waals surface area (Å²) < 4.78 is 2.13. The van der Waals surface area contributed by atoms with E-state index in [4.69, 9.17) is 0 Å². The summed E-state index contributed by atoms with van der Waals surface area (Å²) in [6, 6.07) is 3.95. The zero-order valence-electron chi connectivity index (χ0n) is 13.0. The van der Waals surface area contributed by atoms with Crippen molar-refractivity contribution in [3.05, 3.63) is 35.9 Å². The van der Waals surface area contributed by atoms with Crippen molar-refractivity contribution in [3.63, 3.8) is 0 Å². The topological polar surface area (TPSA) is 55.1 Å². The molecule has 0 fully saturated rings. The molecule has 1 N–H and O–H groups in total. The molecule has 0 amide bonds. The highest BCUT2D eigenvalue weighted by Gasteiger charge is 2.16. The summed E-state index contributed by atoms with van der Waals surface area (Å²) in [5.74, 6) is 1.82. The number of nitrogens with one attached hydrogen (secondary N) is 1. The van der Waals surface area contributed by atoms with Gasteiger partial charge in [-0.25, -0.2) is 9.97 Å². The van der Waals surface area contributed by atoms with Crippen LogP contribution in [0.4, 0.5) is 5.82 Å². The minimum Gasteiger partial charge on any atom is -0.303 e. The van der Waals surface area contributed by atoms with Crippen LogP contribution in [0.2, 0.25) is 0 Å². The second-order valence-electron chi connectivity index (χ2n) is 4.35. The Hall–Kier alpha value is -2.43. The molecule has 3 rings (SSSR count). The van der Waals surface area contributed by atoms with Crippen molar-refractivity contribution >= 4 is 18.2 Å². The summed E-state index contributed by atoms with van der Waals surface area (Å²) >= 11 is 0. The summed E-state index contributed by atoms with van der Waals surface area (Å²) in [6.45, 7) is 7.88. The molecule has 0 radical (unpaired) electrons. The average Bonchev–Trinajstić information content (AvgIpc) is 3.08. The van der Waals surface area contributed by atoms with Crippen molar-refractivity contribution in [2.75, 3.05) is 5.43 Å². The Bertz CT molecular complexity index is 650. The van der Waals surface area contributed by atoms with E-state index in [1.165, 1.54) is 0 Å². The zero-order valence-corrected chi connectivity index (χ0v) is 13.0. The number of fused-ring (bicyclic) bond motifs is 1. The molecule has 1 aliphatic heterocycles. The number of aromatic nitrogens is 3. The van der Waals surface area contributed by atoms with Crippen LogP contribution in [0.5, 0.6) is 0 Å². The van der Waals surface area contributed by atoms with Crippen LogP contribution in [0.15, 0.2) is 29.5 Å². The quantitative estimate of drug-likeness (QED) is 0.690. The number of hydrogen-bond donors (Lipinski definition) is 1. The van der Waals surface area contributed by atoms with Gasteiger partial charge in [0.1, 0.15) is 11.6 Å². The first-order valence-corrected chi connectivity index (χ1v) is 7.24. The second kappa shape index (κ2) is 6.83. The third-order valence-corrected chi connectivity index (χ3v) is 3.06. The summed E-state index contributed by atoms with van der Waals surface area (Å²) in [5.41, 5.74) is 6.07. The Morgan fingerprint density at radius 3 is 2.81 bits per heavy atom. The molecule has 0 atom stereocenters. The van der Waals surface area contributed by atoms with Gasteiger partial charge in [-0.1, -0.05) is 19.9 Å². The lowest BCUT2D eigenvalue weighted by atomic mass is 10.2. The lowest BCUT2D eigenvalue weighted by Crippen LogP contribution is -1.95. The highest BCUT2D eigenvalue weighted by atomic mass is 15.3. The molecule has 0 saturated heterocycles. The first-order valence-electron chi connectivity index (χ1n) is 7.24. The van der Waals surface area contributed by atoms with Crippen LogP contribution in [0.1, 0.15) is 32.3 Å². The van der Waals surface area contributed by atoms with Gasteiger partial charge in [-0.05, 0) is 26.0 Å². The van der Waals surface area contributed by atoms with E-state index in [-0.39, 0.29) is 0 Å². The number of hydrazone groups is 1. The fourth-order valence-corrected chi connectivity index (χ4v) is 2.25. The minimum atomic E-state index is 0.733. The fourth-order valence-electron chi connectivity index (χ4n) is 2.25. The molecule has 21 heavy (non-hydrogen) atoms. The van der Waals surface area contributed by atoms with Gasteiger partial charge in [0.15, 0.2) is 0 Å². The van der Waals surface area contributed by atoms with E-state index < -0.39 is 0 Å². The van der Waals surface area contributed by atoms with Crippen LogP contribution < -0.4 is 5.43 Å². The van der Waals surface area contributed by atoms with Crippen molar-refractivity contribution in [3.8, 4) is 11.3 Å². The van der Waals surface area contributed by atoms with Crippen molar-refractivity contribution in [2.24, 2.45) is 5.10 Å². The highest BCUT2D eigenvalue weighted by molar-refractivity contribution is 5.67. The van der Waals surface area contributed by atoms with E-state index in [1.807, 2.05) is 46.0 Å². The van der Waals surface area contributed by atoms with E-state index in [0.29, 0.717) is 0 Å². The molecule has 3 heterocycles. The molecule has 5 nitrogen and oxygen atoms in total. The van der Waals surface area contributed by atoms with Crippen LogP contribution in [-0.4, -0.2) is 20.7 Å². The lowest BCUT2D eigenvalue weighted by Gasteiger charge is -2.05. The molecule has 0 aromatic carbocycles. The van der Waals surface area contributed by atoms with Crippen molar-refractivity contribution in [1.82, 2.24) is 14.5 Å².